The molecule has 0 aliphatic heterocycles. The Labute approximate surface area is 102 Å². The van der Waals surface area contributed by atoms with Crippen LogP contribution in [0.25, 0.3) is 0 Å². The monoisotopic (exact) mass is 257 g/mol. The molecule has 0 amide bonds. The van der Waals surface area contributed by atoms with E-state index in [0.717, 1.165) is 18.0 Å². The quantitative estimate of drug-likeness (QED) is 0.257. The summed E-state index contributed by atoms with van der Waals surface area (Å²) in [6, 6.07) is 0. The Morgan fingerprint density at radius 1 is 1.65 bits per heavy atom. The fourth-order valence-electron chi connectivity index (χ4n) is 0.982. The van der Waals surface area contributed by atoms with Crippen molar-refractivity contribution in [1.29, 1.82) is 0 Å². The van der Waals surface area contributed by atoms with Crippen LogP contribution in [-0.4, -0.2) is 33.7 Å². The van der Waals surface area contributed by atoms with Crippen molar-refractivity contribution in [3.63, 3.8) is 0 Å². The van der Waals surface area contributed by atoms with Crippen molar-refractivity contribution >= 4 is 23.4 Å². The lowest BCUT2D eigenvalue weighted by molar-refractivity contribution is -0.388. The molecule has 92 valence electrons. The number of carbonyl (C=O) groups excluding carboxylic acids is 1. The van der Waals surface area contributed by atoms with Crippen LogP contribution in [0.15, 0.2) is 11.2 Å². The smallest absolute Gasteiger partial charge is 0.319 e. The largest absolute Gasteiger partial charge is 0.468 e. The minimum Gasteiger partial charge on any atom is -0.468 e. The summed E-state index contributed by atoms with van der Waals surface area (Å²) in [5.74, 6) is 0.0289. The van der Waals surface area contributed by atoms with Gasteiger partial charge in [-0.1, -0.05) is 18.7 Å². The van der Waals surface area contributed by atoms with E-state index in [1.807, 2.05) is 6.92 Å². The number of nitrogens with zero attached hydrogens (tertiary/aromatic N) is 3. The molecule has 0 aliphatic carbocycles. The first-order valence-electron chi connectivity index (χ1n) is 4.78. The molecule has 0 fully saturated rings. The van der Waals surface area contributed by atoms with E-state index < -0.39 is 10.9 Å². The van der Waals surface area contributed by atoms with Crippen molar-refractivity contribution in [2.45, 2.75) is 18.4 Å². The lowest BCUT2D eigenvalue weighted by atomic mass is 10.4. The number of esters is 1. The number of thioether (sulfide) groups is 1. The van der Waals surface area contributed by atoms with E-state index in [-0.39, 0.29) is 16.5 Å². The van der Waals surface area contributed by atoms with E-state index in [1.165, 1.54) is 7.11 Å². The first kappa shape index (κ1) is 13.4. The van der Waals surface area contributed by atoms with Gasteiger partial charge in [0.15, 0.2) is 5.03 Å². The van der Waals surface area contributed by atoms with E-state index in [2.05, 4.69) is 14.7 Å². The van der Waals surface area contributed by atoms with Crippen LogP contribution in [0.2, 0.25) is 0 Å². The van der Waals surface area contributed by atoms with Gasteiger partial charge in [-0.2, -0.15) is 0 Å². The normalized spacial score (nSPS) is 10.0. The molecular weight excluding hydrogens is 246 g/mol. The Hall–Kier alpha value is -1.70. The predicted molar refractivity (Wildman–Crippen MR) is 60.8 cm³/mol. The molecule has 0 saturated heterocycles. The molecule has 0 radical (unpaired) electrons. The van der Waals surface area contributed by atoms with Gasteiger partial charge in [0.1, 0.15) is 12.0 Å². The highest BCUT2D eigenvalue weighted by Gasteiger charge is 2.18. The SMILES string of the molecule is CCc1ncc([N+](=O)[O-])c(SCC(=O)OC)n1. The lowest BCUT2D eigenvalue weighted by Crippen LogP contribution is -2.05. The van der Waals surface area contributed by atoms with Gasteiger partial charge in [0, 0.05) is 6.42 Å². The summed E-state index contributed by atoms with van der Waals surface area (Å²) in [5.41, 5.74) is -0.198. The van der Waals surface area contributed by atoms with Gasteiger partial charge in [-0.25, -0.2) is 9.97 Å². The van der Waals surface area contributed by atoms with Gasteiger partial charge < -0.3 is 4.74 Å². The zero-order valence-electron chi connectivity index (χ0n) is 9.37. The summed E-state index contributed by atoms with van der Waals surface area (Å²) >= 11 is 0.970. The van der Waals surface area contributed by atoms with E-state index >= 15 is 0 Å². The second-order valence-electron chi connectivity index (χ2n) is 2.95. The lowest BCUT2D eigenvalue weighted by Gasteiger charge is -2.02. The molecule has 0 spiro atoms. The number of ether oxygens (including phenoxy) is 1. The summed E-state index contributed by atoms with van der Waals surface area (Å²) in [7, 11) is 1.26. The van der Waals surface area contributed by atoms with Crippen LogP contribution in [0, 0.1) is 10.1 Å². The van der Waals surface area contributed by atoms with Gasteiger partial charge >= 0.3 is 11.7 Å². The van der Waals surface area contributed by atoms with E-state index in [0.29, 0.717) is 12.2 Å². The van der Waals surface area contributed by atoms with Crippen LogP contribution in [-0.2, 0) is 16.0 Å². The zero-order chi connectivity index (χ0) is 12.8. The third-order valence-corrected chi connectivity index (χ3v) is 2.81. The summed E-state index contributed by atoms with van der Waals surface area (Å²) in [6.45, 7) is 1.84. The number of hydrogen-bond acceptors (Lipinski definition) is 7. The average molecular weight is 257 g/mol. The van der Waals surface area contributed by atoms with Crippen molar-refractivity contribution < 1.29 is 14.5 Å². The summed E-state index contributed by atoms with van der Waals surface area (Å²) < 4.78 is 4.46. The molecule has 1 aromatic heterocycles. The summed E-state index contributed by atoms with van der Waals surface area (Å²) in [4.78, 5) is 29.0. The second-order valence-corrected chi connectivity index (χ2v) is 3.92. The third-order valence-electron chi connectivity index (χ3n) is 1.85. The first-order valence-corrected chi connectivity index (χ1v) is 5.77. The minimum atomic E-state index is -0.570. The molecule has 1 heterocycles. The van der Waals surface area contributed by atoms with E-state index in [1.54, 1.807) is 0 Å². The van der Waals surface area contributed by atoms with E-state index in [9.17, 15) is 14.9 Å². The van der Waals surface area contributed by atoms with Crippen molar-refractivity contribution in [2.24, 2.45) is 0 Å². The van der Waals surface area contributed by atoms with Crippen LogP contribution < -0.4 is 0 Å². The highest BCUT2D eigenvalue weighted by Crippen LogP contribution is 2.26. The van der Waals surface area contributed by atoms with Gasteiger partial charge in [0.25, 0.3) is 0 Å². The molecule has 7 nitrogen and oxygen atoms in total. The number of rotatable bonds is 5. The maximum absolute atomic E-state index is 11.0. The van der Waals surface area contributed by atoms with Crippen LogP contribution in [0.1, 0.15) is 12.7 Å². The van der Waals surface area contributed by atoms with Crippen LogP contribution in [0.3, 0.4) is 0 Å². The third kappa shape index (κ3) is 3.66. The summed E-state index contributed by atoms with van der Waals surface area (Å²) in [6.07, 6.45) is 1.73. The Morgan fingerprint density at radius 3 is 2.88 bits per heavy atom. The molecule has 0 N–H and O–H groups in total. The maximum Gasteiger partial charge on any atom is 0.319 e. The molecule has 0 aliphatic rings. The van der Waals surface area contributed by atoms with Crippen LogP contribution in [0.4, 0.5) is 5.69 Å². The molecule has 17 heavy (non-hydrogen) atoms. The van der Waals surface area contributed by atoms with Crippen molar-refractivity contribution in [1.82, 2.24) is 9.97 Å². The van der Waals surface area contributed by atoms with Crippen molar-refractivity contribution in [2.75, 3.05) is 12.9 Å². The van der Waals surface area contributed by atoms with E-state index in [4.69, 9.17) is 0 Å². The molecule has 0 atom stereocenters. The number of carbonyl (C=O) groups is 1. The average Bonchev–Trinajstić information content (AvgIpc) is 2.35. The molecule has 1 aromatic rings. The highest BCUT2D eigenvalue weighted by molar-refractivity contribution is 8.00. The molecule has 0 saturated carbocycles. The van der Waals surface area contributed by atoms with Gasteiger partial charge in [-0.05, 0) is 0 Å². The molecular formula is C9H11N3O4S. The van der Waals surface area contributed by atoms with Gasteiger partial charge in [0.2, 0.25) is 0 Å². The van der Waals surface area contributed by atoms with Crippen molar-refractivity contribution in [3.8, 4) is 0 Å². The van der Waals surface area contributed by atoms with Crippen LogP contribution in [0.5, 0.6) is 0 Å². The molecule has 1 rings (SSSR count). The summed E-state index contributed by atoms with van der Waals surface area (Å²) in [5, 5.41) is 10.9. The fraction of sp³-hybridized carbons (Fsp3) is 0.444. The molecule has 0 bridgehead atoms. The van der Waals surface area contributed by atoms with Gasteiger partial charge in [-0.3, -0.25) is 14.9 Å². The number of hydrogen-bond donors (Lipinski definition) is 0. The Morgan fingerprint density at radius 2 is 2.35 bits per heavy atom. The number of methoxy groups -OCH3 is 1. The molecule has 0 unspecified atom stereocenters. The number of nitro groups is 1. The molecule has 8 heteroatoms. The number of aryl methyl sites for hydroxylation is 1. The van der Waals surface area contributed by atoms with Gasteiger partial charge in [0.05, 0.1) is 17.8 Å². The maximum atomic E-state index is 11.0. The number of aromatic nitrogens is 2. The zero-order valence-corrected chi connectivity index (χ0v) is 10.2. The minimum absolute atomic E-state index is 0.0164. The van der Waals surface area contributed by atoms with Gasteiger partial charge in [-0.15, -0.1) is 0 Å². The standard InChI is InChI=1S/C9H11N3O4S/c1-3-7-10-4-6(12(14)15)9(11-7)17-5-8(13)16-2/h4H,3,5H2,1-2H3. The Bertz CT molecular complexity index is 438. The van der Waals surface area contributed by atoms with Crippen LogP contribution >= 0.6 is 11.8 Å². The topological polar surface area (TPSA) is 95.2 Å². The Kier molecular flexibility index (Phi) is 4.83. The Balaban J connectivity index is 2.93. The van der Waals surface area contributed by atoms with Crippen molar-refractivity contribution in [3.05, 3.63) is 22.1 Å². The highest BCUT2D eigenvalue weighted by atomic mass is 32.2. The first-order chi connectivity index (χ1) is 8.08. The fourth-order valence-corrected chi connectivity index (χ4v) is 1.80. The molecule has 0 aromatic carbocycles. The second kappa shape index (κ2) is 6.14. The predicted octanol–water partition coefficient (Wildman–Crippen LogP) is 1.21.